The number of nitrogens with one attached hydrogen (secondary N) is 1. The normalized spacial score (nSPS) is 10.8. The molecular weight excluding hydrogens is 231 g/mol. The maximum absolute atomic E-state index is 12.7. The highest BCUT2D eigenvalue weighted by atomic mass is 19.1. The van der Waals surface area contributed by atoms with E-state index in [-0.39, 0.29) is 11.5 Å². The van der Waals surface area contributed by atoms with Crippen molar-refractivity contribution in [1.29, 1.82) is 5.26 Å². The van der Waals surface area contributed by atoms with Gasteiger partial charge in [0.15, 0.2) is 5.71 Å². The second-order valence-electron chi connectivity index (χ2n) is 3.41. The fourth-order valence-electron chi connectivity index (χ4n) is 1.29. The number of aromatic nitrogens is 1. The summed E-state index contributed by atoms with van der Waals surface area (Å²) >= 11 is 0. The summed E-state index contributed by atoms with van der Waals surface area (Å²) < 4.78 is 12.7. The van der Waals surface area contributed by atoms with E-state index in [1.54, 1.807) is 24.4 Å². The van der Waals surface area contributed by atoms with E-state index in [0.717, 1.165) is 0 Å². The highest BCUT2D eigenvalue weighted by Crippen LogP contribution is 2.08. The van der Waals surface area contributed by atoms with Crippen LogP contribution in [0.2, 0.25) is 0 Å². The van der Waals surface area contributed by atoms with E-state index in [1.807, 2.05) is 6.07 Å². The molecule has 0 fully saturated rings. The number of halogens is 1. The maximum atomic E-state index is 12.7. The molecule has 0 saturated carbocycles. The van der Waals surface area contributed by atoms with E-state index in [0.29, 0.717) is 11.4 Å². The minimum absolute atomic E-state index is 0.167. The lowest BCUT2D eigenvalue weighted by atomic mass is 10.2. The Morgan fingerprint density at radius 3 is 2.61 bits per heavy atom. The lowest BCUT2D eigenvalue weighted by Gasteiger charge is -2.01. The summed E-state index contributed by atoms with van der Waals surface area (Å²) in [6.07, 6.45) is 1.58. The summed E-state index contributed by atoms with van der Waals surface area (Å²) in [5.41, 5.74) is 3.93. The molecule has 18 heavy (non-hydrogen) atoms. The Bertz CT molecular complexity index is 585. The van der Waals surface area contributed by atoms with Crippen molar-refractivity contribution < 1.29 is 4.39 Å². The number of nitriles is 1. The molecule has 0 aliphatic carbocycles. The van der Waals surface area contributed by atoms with Gasteiger partial charge >= 0.3 is 0 Å². The van der Waals surface area contributed by atoms with Gasteiger partial charge in [-0.15, -0.1) is 0 Å². The van der Waals surface area contributed by atoms with E-state index >= 15 is 0 Å². The van der Waals surface area contributed by atoms with Crippen molar-refractivity contribution in [1.82, 2.24) is 4.98 Å². The third-order valence-electron chi connectivity index (χ3n) is 2.15. The van der Waals surface area contributed by atoms with Crippen LogP contribution < -0.4 is 5.43 Å². The molecule has 2 rings (SSSR count). The molecule has 0 saturated heterocycles. The molecule has 0 spiro atoms. The van der Waals surface area contributed by atoms with Gasteiger partial charge in [0.05, 0.1) is 5.69 Å². The van der Waals surface area contributed by atoms with Crippen LogP contribution in [0, 0.1) is 17.1 Å². The van der Waals surface area contributed by atoms with Gasteiger partial charge in [-0.3, -0.25) is 10.4 Å². The van der Waals surface area contributed by atoms with Crippen LogP contribution in [0.15, 0.2) is 53.8 Å². The van der Waals surface area contributed by atoms with E-state index in [4.69, 9.17) is 5.26 Å². The number of hydrazone groups is 1. The summed E-state index contributed by atoms with van der Waals surface area (Å²) in [5.74, 6) is -0.324. The summed E-state index contributed by atoms with van der Waals surface area (Å²) in [5, 5.41) is 12.9. The number of hydrogen-bond donors (Lipinski definition) is 1. The minimum Gasteiger partial charge on any atom is -0.277 e. The number of anilines is 1. The first-order chi connectivity index (χ1) is 8.79. The standard InChI is InChI=1S/C13H9FN4/c14-10-4-6-11(7-5-10)17-18-13(9-15)12-3-1-2-8-16-12/h1-8,17H. The second kappa shape index (κ2) is 5.55. The fourth-order valence-corrected chi connectivity index (χ4v) is 1.29. The van der Waals surface area contributed by atoms with Crippen LogP contribution in [0.25, 0.3) is 0 Å². The van der Waals surface area contributed by atoms with E-state index < -0.39 is 0 Å². The Morgan fingerprint density at radius 1 is 1.22 bits per heavy atom. The largest absolute Gasteiger partial charge is 0.277 e. The Balaban J connectivity index is 2.17. The van der Waals surface area contributed by atoms with Gasteiger partial charge in [0, 0.05) is 6.20 Å². The van der Waals surface area contributed by atoms with Crippen molar-refractivity contribution in [3.8, 4) is 6.07 Å². The van der Waals surface area contributed by atoms with Crippen LogP contribution in [-0.4, -0.2) is 10.7 Å². The number of rotatable bonds is 3. The SMILES string of the molecule is N#CC(=NNc1ccc(F)cc1)c1ccccn1. The molecule has 0 amide bonds. The number of hydrogen-bond acceptors (Lipinski definition) is 4. The van der Waals surface area contributed by atoms with Gasteiger partial charge in [-0.1, -0.05) is 6.07 Å². The monoisotopic (exact) mass is 240 g/mol. The van der Waals surface area contributed by atoms with Crippen LogP contribution in [0.4, 0.5) is 10.1 Å². The maximum Gasteiger partial charge on any atom is 0.186 e. The first-order valence-corrected chi connectivity index (χ1v) is 5.20. The topological polar surface area (TPSA) is 61.1 Å². The molecule has 88 valence electrons. The van der Waals surface area contributed by atoms with Gasteiger partial charge in [-0.05, 0) is 36.4 Å². The number of pyridine rings is 1. The smallest absolute Gasteiger partial charge is 0.186 e. The molecule has 1 aromatic heterocycles. The van der Waals surface area contributed by atoms with Crippen LogP contribution in [0.1, 0.15) is 5.69 Å². The first-order valence-electron chi connectivity index (χ1n) is 5.20. The lowest BCUT2D eigenvalue weighted by Crippen LogP contribution is -2.03. The Kier molecular flexibility index (Phi) is 3.62. The zero-order chi connectivity index (χ0) is 12.8. The highest BCUT2D eigenvalue weighted by Gasteiger charge is 2.02. The molecule has 1 N–H and O–H groups in total. The zero-order valence-electron chi connectivity index (χ0n) is 9.34. The molecule has 0 aliphatic rings. The highest BCUT2D eigenvalue weighted by molar-refractivity contribution is 6.10. The molecule has 0 bridgehead atoms. The predicted molar refractivity (Wildman–Crippen MR) is 66.4 cm³/mol. The second-order valence-corrected chi connectivity index (χ2v) is 3.41. The molecule has 0 aliphatic heterocycles. The van der Waals surface area contributed by atoms with E-state index in [9.17, 15) is 4.39 Å². The summed E-state index contributed by atoms with van der Waals surface area (Å²) in [4.78, 5) is 4.02. The third kappa shape index (κ3) is 2.89. The van der Waals surface area contributed by atoms with Gasteiger partial charge in [0.1, 0.15) is 17.6 Å². The van der Waals surface area contributed by atoms with Crippen LogP contribution in [-0.2, 0) is 0 Å². The predicted octanol–water partition coefficient (Wildman–Crippen LogP) is 2.56. The van der Waals surface area contributed by atoms with Gasteiger partial charge in [0.25, 0.3) is 0 Å². The van der Waals surface area contributed by atoms with Gasteiger partial charge in [-0.2, -0.15) is 10.4 Å². The van der Waals surface area contributed by atoms with Gasteiger partial charge < -0.3 is 0 Å². The lowest BCUT2D eigenvalue weighted by molar-refractivity contribution is 0.628. The average molecular weight is 240 g/mol. The van der Waals surface area contributed by atoms with Crippen molar-refractivity contribution in [2.24, 2.45) is 5.10 Å². The van der Waals surface area contributed by atoms with Gasteiger partial charge in [-0.25, -0.2) is 4.39 Å². The number of nitrogens with zero attached hydrogens (tertiary/aromatic N) is 3. The Morgan fingerprint density at radius 2 is 2.00 bits per heavy atom. The molecule has 2 aromatic rings. The molecule has 0 atom stereocenters. The molecule has 1 heterocycles. The van der Waals surface area contributed by atoms with Crippen molar-refractivity contribution in [2.75, 3.05) is 5.43 Å². The fraction of sp³-hybridized carbons (Fsp3) is 0. The Hall–Kier alpha value is -2.74. The Labute approximate surface area is 103 Å². The quantitative estimate of drug-likeness (QED) is 0.662. The van der Waals surface area contributed by atoms with Crippen LogP contribution in [0.3, 0.4) is 0 Å². The van der Waals surface area contributed by atoms with E-state index in [2.05, 4.69) is 15.5 Å². The molecule has 5 heteroatoms. The summed E-state index contributed by atoms with van der Waals surface area (Å²) in [6, 6.07) is 12.9. The minimum atomic E-state index is -0.324. The zero-order valence-corrected chi connectivity index (χ0v) is 9.34. The van der Waals surface area contributed by atoms with E-state index in [1.165, 1.54) is 24.3 Å². The van der Waals surface area contributed by atoms with Crippen molar-refractivity contribution in [2.45, 2.75) is 0 Å². The molecule has 4 nitrogen and oxygen atoms in total. The first kappa shape index (κ1) is 11.7. The number of benzene rings is 1. The molecule has 1 aromatic carbocycles. The van der Waals surface area contributed by atoms with Crippen molar-refractivity contribution in [3.63, 3.8) is 0 Å². The van der Waals surface area contributed by atoms with Crippen LogP contribution in [0.5, 0.6) is 0 Å². The summed E-state index contributed by atoms with van der Waals surface area (Å²) in [7, 11) is 0. The molecular formula is C13H9FN4. The van der Waals surface area contributed by atoms with Gasteiger partial charge in [0.2, 0.25) is 0 Å². The summed E-state index contributed by atoms with van der Waals surface area (Å²) in [6.45, 7) is 0. The van der Waals surface area contributed by atoms with Crippen molar-refractivity contribution in [3.05, 3.63) is 60.2 Å². The van der Waals surface area contributed by atoms with Crippen LogP contribution >= 0.6 is 0 Å². The third-order valence-corrected chi connectivity index (χ3v) is 2.15. The average Bonchev–Trinajstić information content (AvgIpc) is 2.43. The molecule has 0 radical (unpaired) electrons. The van der Waals surface area contributed by atoms with Crippen molar-refractivity contribution >= 4 is 11.4 Å². The molecule has 0 unspecified atom stereocenters.